The van der Waals surface area contributed by atoms with Crippen molar-refractivity contribution in [1.82, 2.24) is 0 Å². The number of benzene rings is 3. The molecule has 0 spiro atoms. The molecule has 26 heavy (non-hydrogen) atoms. The highest BCUT2D eigenvalue weighted by Gasteiger charge is 2.18. The van der Waals surface area contributed by atoms with E-state index in [4.69, 9.17) is 13.6 Å². The van der Waals surface area contributed by atoms with Gasteiger partial charge in [0.2, 0.25) is 0 Å². The zero-order valence-electron chi connectivity index (χ0n) is 14.2. The Kier molecular flexibility index (Phi) is 3.32. The highest BCUT2D eigenvalue weighted by Crippen LogP contribution is 2.41. The first kappa shape index (κ1) is 14.8. The maximum Gasteiger partial charge on any atom is 0.149 e. The lowest BCUT2D eigenvalue weighted by Gasteiger charge is -2.00. The monoisotopic (exact) mass is 340 g/mol. The standard InChI is InChI=1S/C23H16O3/c1-24-21-14-22-18(13-19(25-22)15-8-4-2-5-9-15)23-17(21)12-20(26-23)16-10-6-3-7-11-16/h2-14H,1H3. The molecule has 126 valence electrons. The van der Waals surface area contributed by atoms with E-state index in [0.717, 1.165) is 50.3 Å². The Balaban J connectivity index is 1.78. The Hall–Kier alpha value is -3.46. The van der Waals surface area contributed by atoms with Gasteiger partial charge in [-0.1, -0.05) is 60.7 Å². The molecule has 0 saturated heterocycles. The van der Waals surface area contributed by atoms with Gasteiger partial charge in [0.05, 0.1) is 17.9 Å². The van der Waals surface area contributed by atoms with Crippen LogP contribution < -0.4 is 4.74 Å². The second-order valence-corrected chi connectivity index (χ2v) is 6.19. The molecule has 0 unspecified atom stereocenters. The fourth-order valence-electron chi connectivity index (χ4n) is 3.32. The third kappa shape index (κ3) is 2.29. The van der Waals surface area contributed by atoms with Crippen molar-refractivity contribution in [3.63, 3.8) is 0 Å². The van der Waals surface area contributed by atoms with E-state index in [1.54, 1.807) is 7.11 Å². The highest BCUT2D eigenvalue weighted by molar-refractivity contribution is 6.08. The summed E-state index contributed by atoms with van der Waals surface area (Å²) in [5.74, 6) is 2.37. The summed E-state index contributed by atoms with van der Waals surface area (Å²) in [5, 5.41) is 1.89. The van der Waals surface area contributed by atoms with E-state index in [0.29, 0.717) is 0 Å². The molecule has 5 rings (SSSR count). The molecule has 0 radical (unpaired) electrons. The average molecular weight is 340 g/mol. The highest BCUT2D eigenvalue weighted by atomic mass is 16.5. The minimum atomic E-state index is 0.743. The van der Waals surface area contributed by atoms with Gasteiger partial charge in [-0.15, -0.1) is 0 Å². The minimum absolute atomic E-state index is 0.743. The van der Waals surface area contributed by atoms with Crippen molar-refractivity contribution in [2.75, 3.05) is 7.11 Å². The van der Waals surface area contributed by atoms with Crippen LogP contribution in [0.25, 0.3) is 44.6 Å². The van der Waals surface area contributed by atoms with Gasteiger partial charge >= 0.3 is 0 Å². The summed E-state index contributed by atoms with van der Waals surface area (Å²) in [6, 6.07) is 26.1. The van der Waals surface area contributed by atoms with Gasteiger partial charge in [-0.05, 0) is 12.1 Å². The van der Waals surface area contributed by atoms with Crippen LogP contribution in [0.1, 0.15) is 0 Å². The number of fused-ring (bicyclic) bond motifs is 3. The molecule has 2 aromatic heterocycles. The Morgan fingerprint density at radius 2 is 1.23 bits per heavy atom. The summed E-state index contributed by atoms with van der Waals surface area (Å²) in [6.07, 6.45) is 0. The van der Waals surface area contributed by atoms with Crippen molar-refractivity contribution >= 4 is 21.9 Å². The van der Waals surface area contributed by atoms with Crippen LogP contribution in [0, 0.1) is 0 Å². The molecule has 0 amide bonds. The first-order chi connectivity index (χ1) is 12.8. The number of hydrogen-bond donors (Lipinski definition) is 0. The first-order valence-corrected chi connectivity index (χ1v) is 8.48. The molecule has 0 aliphatic carbocycles. The molecule has 0 atom stereocenters. The van der Waals surface area contributed by atoms with Crippen molar-refractivity contribution in [2.45, 2.75) is 0 Å². The molecular formula is C23H16O3. The number of rotatable bonds is 3. The van der Waals surface area contributed by atoms with Crippen molar-refractivity contribution in [3.05, 3.63) is 78.9 Å². The number of ether oxygens (including phenoxy) is 1. The van der Waals surface area contributed by atoms with Crippen LogP contribution >= 0.6 is 0 Å². The van der Waals surface area contributed by atoms with E-state index in [1.807, 2.05) is 78.9 Å². The molecule has 0 fully saturated rings. The van der Waals surface area contributed by atoms with Crippen molar-refractivity contribution < 1.29 is 13.6 Å². The summed E-state index contributed by atoms with van der Waals surface area (Å²) in [4.78, 5) is 0. The van der Waals surface area contributed by atoms with Crippen LogP contribution in [-0.4, -0.2) is 7.11 Å². The fraction of sp³-hybridized carbons (Fsp3) is 0.0435. The van der Waals surface area contributed by atoms with Gasteiger partial charge < -0.3 is 13.6 Å². The smallest absolute Gasteiger partial charge is 0.149 e. The van der Waals surface area contributed by atoms with E-state index >= 15 is 0 Å². The lowest BCUT2D eigenvalue weighted by molar-refractivity contribution is 0.419. The van der Waals surface area contributed by atoms with Crippen molar-refractivity contribution in [1.29, 1.82) is 0 Å². The second-order valence-electron chi connectivity index (χ2n) is 6.19. The zero-order valence-corrected chi connectivity index (χ0v) is 14.2. The van der Waals surface area contributed by atoms with Gasteiger partial charge in [-0.3, -0.25) is 0 Å². The van der Waals surface area contributed by atoms with E-state index in [2.05, 4.69) is 0 Å². The van der Waals surface area contributed by atoms with Crippen LogP contribution in [0.15, 0.2) is 87.7 Å². The topological polar surface area (TPSA) is 35.5 Å². The summed E-state index contributed by atoms with van der Waals surface area (Å²) in [5.41, 5.74) is 3.60. The Labute approximate surface area is 150 Å². The normalized spacial score (nSPS) is 11.3. The maximum atomic E-state index is 6.22. The molecule has 3 heteroatoms. The molecule has 0 aliphatic rings. The van der Waals surface area contributed by atoms with Crippen LogP contribution in [0.5, 0.6) is 5.75 Å². The van der Waals surface area contributed by atoms with Crippen LogP contribution in [0.4, 0.5) is 0 Å². The van der Waals surface area contributed by atoms with Gasteiger partial charge in [0.25, 0.3) is 0 Å². The summed E-state index contributed by atoms with van der Waals surface area (Å²) in [6.45, 7) is 0. The molecule has 3 aromatic carbocycles. The van der Waals surface area contributed by atoms with Crippen LogP contribution in [0.2, 0.25) is 0 Å². The first-order valence-electron chi connectivity index (χ1n) is 8.48. The van der Waals surface area contributed by atoms with E-state index in [9.17, 15) is 0 Å². The third-order valence-electron chi connectivity index (χ3n) is 4.60. The van der Waals surface area contributed by atoms with Gasteiger partial charge in [-0.2, -0.15) is 0 Å². The average Bonchev–Trinajstić information content (AvgIpc) is 3.33. The molecule has 2 heterocycles. The number of methoxy groups -OCH3 is 1. The second kappa shape index (κ2) is 5.81. The quantitative estimate of drug-likeness (QED) is 0.375. The van der Waals surface area contributed by atoms with Gasteiger partial charge in [0.15, 0.2) is 0 Å². The van der Waals surface area contributed by atoms with Gasteiger partial charge in [0.1, 0.15) is 28.4 Å². The fourth-order valence-corrected chi connectivity index (χ4v) is 3.32. The Morgan fingerprint density at radius 3 is 1.85 bits per heavy atom. The Bertz CT molecular complexity index is 1200. The molecule has 0 saturated carbocycles. The number of furan rings is 2. The molecular weight excluding hydrogens is 324 g/mol. The van der Waals surface area contributed by atoms with Crippen LogP contribution in [-0.2, 0) is 0 Å². The number of hydrogen-bond acceptors (Lipinski definition) is 3. The van der Waals surface area contributed by atoms with Crippen molar-refractivity contribution in [2.24, 2.45) is 0 Å². The Morgan fingerprint density at radius 1 is 0.654 bits per heavy atom. The van der Waals surface area contributed by atoms with E-state index in [-0.39, 0.29) is 0 Å². The summed E-state index contributed by atoms with van der Waals surface area (Å²) < 4.78 is 17.9. The summed E-state index contributed by atoms with van der Waals surface area (Å²) >= 11 is 0. The van der Waals surface area contributed by atoms with Gasteiger partial charge in [0, 0.05) is 17.2 Å². The van der Waals surface area contributed by atoms with Crippen LogP contribution in [0.3, 0.4) is 0 Å². The third-order valence-corrected chi connectivity index (χ3v) is 4.60. The summed E-state index contributed by atoms with van der Waals surface area (Å²) in [7, 11) is 1.66. The molecule has 0 bridgehead atoms. The SMILES string of the molecule is COc1cc2oc(-c3ccccc3)cc2c2oc(-c3ccccc3)cc12. The predicted octanol–water partition coefficient (Wildman–Crippen LogP) is 6.52. The molecule has 0 N–H and O–H groups in total. The molecule has 3 nitrogen and oxygen atoms in total. The minimum Gasteiger partial charge on any atom is -0.496 e. The van der Waals surface area contributed by atoms with E-state index in [1.165, 1.54) is 0 Å². The van der Waals surface area contributed by atoms with Gasteiger partial charge in [-0.25, -0.2) is 0 Å². The molecule has 5 aromatic rings. The maximum absolute atomic E-state index is 6.22. The zero-order chi connectivity index (χ0) is 17.5. The van der Waals surface area contributed by atoms with Crippen molar-refractivity contribution in [3.8, 4) is 28.4 Å². The lowest BCUT2D eigenvalue weighted by Crippen LogP contribution is -1.82. The lowest BCUT2D eigenvalue weighted by atomic mass is 10.1. The predicted molar refractivity (Wildman–Crippen MR) is 103 cm³/mol. The molecule has 0 aliphatic heterocycles. The van der Waals surface area contributed by atoms with E-state index < -0.39 is 0 Å². The largest absolute Gasteiger partial charge is 0.496 e.